The highest BCUT2D eigenvalue weighted by Gasteiger charge is 2.22. The molecule has 0 bridgehead atoms. The van der Waals surface area contributed by atoms with Gasteiger partial charge in [0.15, 0.2) is 5.96 Å². The molecule has 124 valence electrons. The summed E-state index contributed by atoms with van der Waals surface area (Å²) in [6, 6.07) is 18.7. The van der Waals surface area contributed by atoms with Gasteiger partial charge in [0.05, 0.1) is 11.4 Å². The van der Waals surface area contributed by atoms with Crippen molar-refractivity contribution in [1.82, 2.24) is 0 Å². The third-order valence-electron chi connectivity index (χ3n) is 4.81. The van der Waals surface area contributed by atoms with Gasteiger partial charge in [0.2, 0.25) is 0 Å². The minimum atomic E-state index is 0.0291. The normalized spacial score (nSPS) is 12.1. The maximum atomic E-state index is 8.24. The number of hydrogen-bond acceptors (Lipinski definition) is 1. The Balaban J connectivity index is 1.98. The number of nitrogens with two attached hydrogens (primary N) is 1. The van der Waals surface area contributed by atoms with Crippen molar-refractivity contribution in [3.8, 4) is 0 Å². The summed E-state index contributed by atoms with van der Waals surface area (Å²) in [5.74, 6) is 0.375. The van der Waals surface area contributed by atoms with E-state index in [0.717, 1.165) is 16.9 Å². The summed E-state index contributed by atoms with van der Waals surface area (Å²) in [6.07, 6.45) is 4.26. The molecule has 25 heavy (non-hydrogen) atoms. The van der Waals surface area contributed by atoms with Crippen molar-refractivity contribution >= 4 is 40.3 Å². The lowest BCUT2D eigenvalue weighted by molar-refractivity contribution is 0.865. The smallest absolute Gasteiger partial charge is 0.197 e. The third-order valence-corrected chi connectivity index (χ3v) is 4.81. The molecule has 4 rings (SSSR count). The summed E-state index contributed by atoms with van der Waals surface area (Å²) < 4.78 is 0. The molecule has 3 aromatic rings. The number of nitrogens with zero attached hydrogens (tertiary/aromatic N) is 1. The molecule has 0 radical (unpaired) electrons. The largest absolute Gasteiger partial charge is 0.369 e. The molecule has 1 aliphatic carbocycles. The SMILES string of the molecule is CC(C)c1ccccc1N(C(=N)N)c1ccc2cccc3c2c1C=C3. The molecule has 3 aromatic carbocycles. The van der Waals surface area contributed by atoms with E-state index in [-0.39, 0.29) is 5.96 Å². The molecule has 0 unspecified atom stereocenters. The second-order valence-electron chi connectivity index (χ2n) is 6.71. The fraction of sp³-hybridized carbons (Fsp3) is 0.136. The first kappa shape index (κ1) is 15.5. The van der Waals surface area contributed by atoms with Gasteiger partial charge in [-0.05, 0) is 39.9 Å². The van der Waals surface area contributed by atoms with Crippen molar-refractivity contribution < 1.29 is 0 Å². The van der Waals surface area contributed by atoms with E-state index in [2.05, 4.69) is 62.4 Å². The minimum Gasteiger partial charge on any atom is -0.369 e. The lowest BCUT2D eigenvalue weighted by Crippen LogP contribution is -2.33. The maximum Gasteiger partial charge on any atom is 0.197 e. The van der Waals surface area contributed by atoms with Gasteiger partial charge in [0.25, 0.3) is 0 Å². The van der Waals surface area contributed by atoms with Crippen LogP contribution in [0.2, 0.25) is 0 Å². The Morgan fingerprint density at radius 1 is 0.920 bits per heavy atom. The van der Waals surface area contributed by atoms with Crippen molar-refractivity contribution in [3.63, 3.8) is 0 Å². The van der Waals surface area contributed by atoms with Gasteiger partial charge in [-0.1, -0.05) is 68.5 Å². The van der Waals surface area contributed by atoms with Crippen LogP contribution in [-0.4, -0.2) is 5.96 Å². The summed E-state index contributed by atoms with van der Waals surface area (Å²) in [5, 5.41) is 10.7. The third kappa shape index (κ3) is 2.40. The number of hydrogen-bond donors (Lipinski definition) is 2. The fourth-order valence-corrected chi connectivity index (χ4v) is 3.67. The zero-order valence-corrected chi connectivity index (χ0v) is 14.5. The Bertz CT molecular complexity index is 1010. The van der Waals surface area contributed by atoms with E-state index in [0.29, 0.717) is 5.92 Å². The number of para-hydroxylation sites is 1. The summed E-state index contributed by atoms with van der Waals surface area (Å²) >= 11 is 0. The summed E-state index contributed by atoms with van der Waals surface area (Å²) in [4.78, 5) is 1.86. The van der Waals surface area contributed by atoms with Crippen LogP contribution in [0.3, 0.4) is 0 Å². The van der Waals surface area contributed by atoms with Crippen molar-refractivity contribution in [3.05, 3.63) is 71.3 Å². The number of benzene rings is 3. The van der Waals surface area contributed by atoms with Crippen LogP contribution in [-0.2, 0) is 0 Å². The second kappa shape index (κ2) is 5.78. The van der Waals surface area contributed by atoms with Gasteiger partial charge in [0, 0.05) is 5.56 Å². The minimum absolute atomic E-state index is 0.0291. The van der Waals surface area contributed by atoms with Gasteiger partial charge < -0.3 is 5.73 Å². The fourth-order valence-electron chi connectivity index (χ4n) is 3.67. The maximum absolute atomic E-state index is 8.24. The number of anilines is 2. The van der Waals surface area contributed by atoms with E-state index in [9.17, 15) is 0 Å². The molecule has 0 heterocycles. The Kier molecular flexibility index (Phi) is 3.57. The van der Waals surface area contributed by atoms with Gasteiger partial charge in [-0.15, -0.1) is 0 Å². The quantitative estimate of drug-likeness (QED) is 0.387. The molecule has 0 amide bonds. The summed E-state index contributed by atoms with van der Waals surface area (Å²) in [5.41, 5.74) is 11.5. The van der Waals surface area contributed by atoms with Crippen LogP contribution in [0.4, 0.5) is 11.4 Å². The summed E-state index contributed by atoms with van der Waals surface area (Å²) in [6.45, 7) is 4.32. The Morgan fingerprint density at radius 3 is 2.48 bits per heavy atom. The molecule has 0 aliphatic heterocycles. The van der Waals surface area contributed by atoms with E-state index >= 15 is 0 Å². The summed E-state index contributed by atoms with van der Waals surface area (Å²) in [7, 11) is 0. The number of rotatable bonds is 3. The lowest BCUT2D eigenvalue weighted by atomic mass is 9.98. The molecule has 0 fully saturated rings. The van der Waals surface area contributed by atoms with Crippen LogP contribution >= 0.6 is 0 Å². The van der Waals surface area contributed by atoms with E-state index < -0.39 is 0 Å². The second-order valence-corrected chi connectivity index (χ2v) is 6.71. The molecule has 3 heteroatoms. The zero-order valence-electron chi connectivity index (χ0n) is 14.5. The highest BCUT2D eigenvalue weighted by Crippen LogP contribution is 2.41. The van der Waals surface area contributed by atoms with Gasteiger partial charge in [-0.3, -0.25) is 10.3 Å². The van der Waals surface area contributed by atoms with Gasteiger partial charge in [-0.25, -0.2) is 0 Å². The van der Waals surface area contributed by atoms with E-state index in [1.807, 2.05) is 23.1 Å². The molecule has 0 spiro atoms. The topological polar surface area (TPSA) is 53.1 Å². The Morgan fingerprint density at radius 2 is 1.72 bits per heavy atom. The van der Waals surface area contributed by atoms with Crippen LogP contribution in [0.25, 0.3) is 22.9 Å². The van der Waals surface area contributed by atoms with Gasteiger partial charge >= 0.3 is 0 Å². The molecule has 3 N–H and O–H groups in total. The molecule has 0 atom stereocenters. The van der Waals surface area contributed by atoms with Crippen molar-refractivity contribution in [2.45, 2.75) is 19.8 Å². The first-order valence-electron chi connectivity index (χ1n) is 8.55. The zero-order chi connectivity index (χ0) is 17.6. The van der Waals surface area contributed by atoms with Crippen LogP contribution < -0.4 is 10.6 Å². The lowest BCUT2D eigenvalue weighted by Gasteiger charge is -2.28. The predicted molar refractivity (Wildman–Crippen MR) is 107 cm³/mol. The highest BCUT2D eigenvalue weighted by atomic mass is 15.2. The van der Waals surface area contributed by atoms with Crippen LogP contribution in [0, 0.1) is 5.41 Å². The molecule has 1 aliphatic rings. The standard InChI is InChI=1S/C22H21N3/c1-14(2)17-8-3-4-9-19(17)25(22(23)24)20-13-11-16-7-5-6-15-10-12-18(20)21(15)16/h3-14H,1-2H3,(H3,23,24). The molecule has 0 aromatic heterocycles. The molecule has 3 nitrogen and oxygen atoms in total. The average molecular weight is 327 g/mol. The molecular formula is C22H21N3. The molecular weight excluding hydrogens is 306 g/mol. The van der Waals surface area contributed by atoms with Gasteiger partial charge in [0.1, 0.15) is 0 Å². The monoisotopic (exact) mass is 327 g/mol. The first-order valence-corrected chi connectivity index (χ1v) is 8.55. The predicted octanol–water partition coefficient (Wildman–Crippen LogP) is 5.48. The number of nitrogens with one attached hydrogen (secondary N) is 1. The Labute approximate surface area is 147 Å². The Hall–Kier alpha value is -3.07. The number of guanidine groups is 1. The van der Waals surface area contributed by atoms with Crippen LogP contribution in [0.15, 0.2) is 54.6 Å². The van der Waals surface area contributed by atoms with E-state index in [1.165, 1.54) is 21.9 Å². The molecule has 0 saturated heterocycles. The van der Waals surface area contributed by atoms with E-state index in [4.69, 9.17) is 11.1 Å². The average Bonchev–Trinajstić information content (AvgIpc) is 3.03. The first-order chi connectivity index (χ1) is 12.1. The van der Waals surface area contributed by atoms with Crippen LogP contribution in [0.5, 0.6) is 0 Å². The van der Waals surface area contributed by atoms with Crippen molar-refractivity contribution in [2.24, 2.45) is 5.73 Å². The van der Waals surface area contributed by atoms with Crippen LogP contribution in [0.1, 0.15) is 36.5 Å². The molecule has 0 saturated carbocycles. The van der Waals surface area contributed by atoms with E-state index in [1.54, 1.807) is 0 Å². The van der Waals surface area contributed by atoms with Gasteiger partial charge in [-0.2, -0.15) is 0 Å². The highest BCUT2D eigenvalue weighted by molar-refractivity contribution is 6.12. The van der Waals surface area contributed by atoms with Crippen molar-refractivity contribution in [2.75, 3.05) is 4.90 Å². The van der Waals surface area contributed by atoms with Crippen molar-refractivity contribution in [1.29, 1.82) is 5.41 Å².